The molecule has 1 fully saturated rings. The first-order valence-corrected chi connectivity index (χ1v) is 12.1. The molecule has 0 spiro atoms. The van der Waals surface area contributed by atoms with Crippen LogP contribution in [0.2, 0.25) is 0 Å². The largest absolute Gasteiger partial charge is 0.459 e. The molecule has 0 aliphatic carbocycles. The van der Waals surface area contributed by atoms with Crippen molar-refractivity contribution in [2.45, 2.75) is 51.4 Å². The molecule has 0 radical (unpaired) electrons. The van der Waals surface area contributed by atoms with Crippen molar-refractivity contribution in [3.63, 3.8) is 0 Å². The van der Waals surface area contributed by atoms with Crippen LogP contribution in [0.5, 0.6) is 0 Å². The Hall–Kier alpha value is -3.09. The predicted octanol–water partition coefficient (Wildman–Crippen LogP) is 4.79. The van der Waals surface area contributed by atoms with Crippen LogP contribution in [-0.2, 0) is 15.9 Å². The summed E-state index contributed by atoms with van der Waals surface area (Å²) in [5.41, 5.74) is 3.01. The maximum atomic E-state index is 13.7. The summed E-state index contributed by atoms with van der Waals surface area (Å²) in [5, 5.41) is 0. The van der Waals surface area contributed by atoms with Gasteiger partial charge in [0.25, 0.3) is 6.02 Å². The first-order valence-electron chi connectivity index (χ1n) is 12.1. The van der Waals surface area contributed by atoms with Crippen LogP contribution in [0, 0.1) is 11.7 Å². The lowest BCUT2D eigenvalue weighted by molar-refractivity contribution is 0.0274. The number of fused-ring (bicyclic) bond motifs is 1. The van der Waals surface area contributed by atoms with Crippen molar-refractivity contribution >= 4 is 12.1 Å². The first-order chi connectivity index (χ1) is 16.3. The van der Waals surface area contributed by atoms with Crippen molar-refractivity contribution in [2.24, 2.45) is 10.9 Å². The van der Waals surface area contributed by atoms with Gasteiger partial charge in [0, 0.05) is 25.6 Å². The van der Waals surface area contributed by atoms with Gasteiger partial charge in [-0.1, -0.05) is 36.4 Å². The van der Waals surface area contributed by atoms with Gasteiger partial charge >= 0.3 is 6.09 Å². The quantitative estimate of drug-likeness (QED) is 0.640. The zero-order valence-electron chi connectivity index (χ0n) is 20.0. The molecular formula is C27H32FN3O3. The Morgan fingerprint density at radius 3 is 2.65 bits per heavy atom. The van der Waals surface area contributed by atoms with E-state index in [0.717, 1.165) is 24.9 Å². The lowest BCUT2D eigenvalue weighted by atomic mass is 9.88. The molecule has 2 aromatic carbocycles. The lowest BCUT2D eigenvalue weighted by Crippen LogP contribution is -2.42. The van der Waals surface area contributed by atoms with Crippen molar-refractivity contribution < 1.29 is 18.7 Å². The van der Waals surface area contributed by atoms with Gasteiger partial charge in [-0.15, -0.1) is 0 Å². The number of carbonyl (C=O) groups is 1. The van der Waals surface area contributed by atoms with Crippen molar-refractivity contribution in [1.82, 2.24) is 9.80 Å². The van der Waals surface area contributed by atoms with E-state index in [1.165, 1.54) is 23.3 Å². The maximum Gasteiger partial charge on any atom is 0.410 e. The van der Waals surface area contributed by atoms with Crippen molar-refractivity contribution in [3.8, 4) is 0 Å². The van der Waals surface area contributed by atoms with E-state index >= 15 is 0 Å². The van der Waals surface area contributed by atoms with Crippen LogP contribution in [0.4, 0.5) is 9.18 Å². The molecule has 2 unspecified atom stereocenters. The highest BCUT2D eigenvalue weighted by Gasteiger charge is 2.40. The van der Waals surface area contributed by atoms with Crippen LogP contribution >= 0.6 is 0 Å². The summed E-state index contributed by atoms with van der Waals surface area (Å²) in [6.45, 7) is 8.29. The SMILES string of the molecule is CC(C)(C)OC(=O)N1CCC(C2CN=C(N3CCc4ccccc4[C@@H]3c3ccc(F)cc3)O2)C1. The Labute approximate surface area is 200 Å². The molecule has 0 aromatic heterocycles. The number of benzene rings is 2. The molecule has 180 valence electrons. The summed E-state index contributed by atoms with van der Waals surface area (Å²) in [6, 6.07) is 15.7. The number of amides is 1. The number of amidine groups is 1. The second-order valence-corrected chi connectivity index (χ2v) is 10.4. The average Bonchev–Trinajstić information content (AvgIpc) is 3.48. The number of likely N-dealkylation sites (tertiary alicyclic amines) is 1. The van der Waals surface area contributed by atoms with Gasteiger partial charge in [0.1, 0.15) is 17.5 Å². The second kappa shape index (κ2) is 8.93. The molecule has 5 rings (SSSR count). The molecule has 3 atom stereocenters. The standard InChI is InChI=1S/C27H32FN3O3/c1-27(2,3)34-26(32)30-14-12-20(17-30)23-16-29-25(33-23)31-15-13-18-6-4-5-7-22(18)24(31)19-8-10-21(28)11-9-19/h4-11,20,23-24H,12-17H2,1-3H3/t20?,23?,24-/m0/s1. The summed E-state index contributed by atoms with van der Waals surface area (Å²) >= 11 is 0. The molecule has 0 N–H and O–H groups in total. The number of hydrogen-bond donors (Lipinski definition) is 0. The van der Waals surface area contributed by atoms with Crippen molar-refractivity contribution in [1.29, 1.82) is 0 Å². The summed E-state index contributed by atoms with van der Waals surface area (Å²) in [6.07, 6.45) is 1.44. The molecule has 2 aromatic rings. The highest BCUT2D eigenvalue weighted by atomic mass is 19.1. The summed E-state index contributed by atoms with van der Waals surface area (Å²) in [5.74, 6) is -0.0280. The van der Waals surface area contributed by atoms with Gasteiger partial charge in [-0.25, -0.2) is 14.2 Å². The van der Waals surface area contributed by atoms with Crippen LogP contribution in [0.1, 0.15) is 49.9 Å². The van der Waals surface area contributed by atoms with Crippen LogP contribution in [0.3, 0.4) is 0 Å². The molecule has 6 nitrogen and oxygen atoms in total. The minimum atomic E-state index is -0.505. The fourth-order valence-corrected chi connectivity index (χ4v) is 5.14. The van der Waals surface area contributed by atoms with E-state index in [1.54, 1.807) is 4.90 Å². The number of aliphatic imine (C=N–C) groups is 1. The van der Waals surface area contributed by atoms with Gasteiger partial charge in [0.05, 0.1) is 12.6 Å². The minimum Gasteiger partial charge on any atom is -0.459 e. The fraction of sp³-hybridized carbons (Fsp3) is 0.481. The number of halogens is 1. The molecule has 0 bridgehead atoms. The Bertz CT molecular complexity index is 1080. The van der Waals surface area contributed by atoms with Crippen LogP contribution in [0.25, 0.3) is 0 Å². The van der Waals surface area contributed by atoms with Gasteiger partial charge in [-0.2, -0.15) is 0 Å². The fourth-order valence-electron chi connectivity index (χ4n) is 5.14. The van der Waals surface area contributed by atoms with E-state index in [0.29, 0.717) is 25.7 Å². The van der Waals surface area contributed by atoms with Gasteiger partial charge in [-0.05, 0) is 62.4 Å². The Balaban J connectivity index is 1.31. The van der Waals surface area contributed by atoms with E-state index in [1.807, 2.05) is 39.0 Å². The maximum absolute atomic E-state index is 13.7. The average molecular weight is 466 g/mol. The highest BCUT2D eigenvalue weighted by Crippen LogP contribution is 2.37. The van der Waals surface area contributed by atoms with Gasteiger partial charge < -0.3 is 19.3 Å². The zero-order chi connectivity index (χ0) is 23.9. The summed E-state index contributed by atoms with van der Waals surface area (Å²) < 4.78 is 25.6. The molecular weight excluding hydrogens is 433 g/mol. The van der Waals surface area contributed by atoms with E-state index in [2.05, 4.69) is 23.1 Å². The molecule has 3 aliphatic heterocycles. The Morgan fingerprint density at radius 2 is 1.88 bits per heavy atom. The number of carbonyl (C=O) groups excluding carboxylic acids is 1. The molecule has 3 aliphatic rings. The first kappa shape index (κ1) is 22.7. The van der Waals surface area contributed by atoms with Gasteiger partial charge in [-0.3, -0.25) is 0 Å². The molecule has 0 saturated carbocycles. The minimum absolute atomic E-state index is 0.0616. The normalized spacial score (nSPS) is 24.5. The van der Waals surface area contributed by atoms with E-state index in [9.17, 15) is 9.18 Å². The molecule has 3 heterocycles. The third-order valence-electron chi connectivity index (χ3n) is 6.78. The monoisotopic (exact) mass is 465 g/mol. The molecule has 34 heavy (non-hydrogen) atoms. The molecule has 7 heteroatoms. The van der Waals surface area contributed by atoms with E-state index in [-0.39, 0.29) is 30.0 Å². The number of nitrogens with zero attached hydrogens (tertiary/aromatic N) is 3. The summed E-state index contributed by atoms with van der Waals surface area (Å²) in [4.78, 5) is 21.2. The zero-order valence-corrected chi connectivity index (χ0v) is 20.0. The van der Waals surface area contributed by atoms with Crippen LogP contribution in [-0.4, -0.2) is 59.8 Å². The molecule has 1 amide bonds. The molecule has 1 saturated heterocycles. The summed E-state index contributed by atoms with van der Waals surface area (Å²) in [7, 11) is 0. The smallest absolute Gasteiger partial charge is 0.410 e. The third kappa shape index (κ3) is 4.61. The van der Waals surface area contributed by atoms with Crippen molar-refractivity contribution in [2.75, 3.05) is 26.2 Å². The Kier molecular flexibility index (Phi) is 5.96. The number of rotatable bonds is 2. The van der Waals surface area contributed by atoms with Crippen LogP contribution < -0.4 is 0 Å². The van der Waals surface area contributed by atoms with E-state index < -0.39 is 5.60 Å². The van der Waals surface area contributed by atoms with Gasteiger partial charge in [0.2, 0.25) is 0 Å². The lowest BCUT2D eigenvalue weighted by Gasteiger charge is -2.38. The highest BCUT2D eigenvalue weighted by molar-refractivity contribution is 5.77. The Morgan fingerprint density at radius 1 is 1.12 bits per heavy atom. The topological polar surface area (TPSA) is 54.4 Å². The van der Waals surface area contributed by atoms with E-state index in [4.69, 9.17) is 14.5 Å². The predicted molar refractivity (Wildman–Crippen MR) is 128 cm³/mol. The third-order valence-corrected chi connectivity index (χ3v) is 6.78. The van der Waals surface area contributed by atoms with Crippen LogP contribution in [0.15, 0.2) is 53.5 Å². The second-order valence-electron chi connectivity index (χ2n) is 10.4. The van der Waals surface area contributed by atoms with Gasteiger partial charge in [0.15, 0.2) is 0 Å². The van der Waals surface area contributed by atoms with Crippen molar-refractivity contribution in [3.05, 3.63) is 71.0 Å². The number of ether oxygens (including phenoxy) is 2. The number of hydrogen-bond acceptors (Lipinski definition) is 5.